The first-order chi connectivity index (χ1) is 13.9. The molecule has 0 aliphatic carbocycles. The molecule has 28 heavy (non-hydrogen) atoms. The Morgan fingerprint density at radius 3 is 1.96 bits per heavy atom. The van der Waals surface area contributed by atoms with Crippen LogP contribution in [0.3, 0.4) is 0 Å². The molecule has 1 atom stereocenters. The summed E-state index contributed by atoms with van der Waals surface area (Å²) in [5.41, 5.74) is 3.88. The Labute approximate surface area is 168 Å². The molecule has 0 aromatic heterocycles. The van der Waals surface area contributed by atoms with Gasteiger partial charge in [0.1, 0.15) is 6.10 Å². The summed E-state index contributed by atoms with van der Waals surface area (Å²) in [5.74, 6) is 0.616. The zero-order valence-corrected chi connectivity index (χ0v) is 16.4. The van der Waals surface area contributed by atoms with Crippen molar-refractivity contribution in [2.24, 2.45) is 5.92 Å². The minimum absolute atomic E-state index is 0.0146. The number of benzene rings is 3. The van der Waals surface area contributed by atoms with Gasteiger partial charge in [-0.3, -0.25) is 0 Å². The topological polar surface area (TPSA) is 12.5 Å². The van der Waals surface area contributed by atoms with Crippen molar-refractivity contribution in [3.8, 4) is 0 Å². The number of nitrogens with zero attached hydrogens (tertiary/aromatic N) is 1. The monoisotopic (exact) mass is 371 g/mol. The minimum Gasteiger partial charge on any atom is -0.368 e. The molecule has 144 valence electrons. The molecule has 1 aliphatic rings. The van der Waals surface area contributed by atoms with Crippen molar-refractivity contribution in [3.63, 3.8) is 0 Å². The Bertz CT molecular complexity index is 779. The zero-order chi connectivity index (χ0) is 19.0. The van der Waals surface area contributed by atoms with E-state index in [1.165, 1.54) is 29.7 Å². The quantitative estimate of drug-likeness (QED) is 0.529. The maximum atomic E-state index is 6.48. The van der Waals surface area contributed by atoms with Crippen molar-refractivity contribution in [2.75, 3.05) is 26.2 Å². The van der Waals surface area contributed by atoms with E-state index in [1.54, 1.807) is 0 Å². The molecule has 1 fully saturated rings. The summed E-state index contributed by atoms with van der Waals surface area (Å²) < 4.78 is 6.48. The molecule has 0 spiro atoms. The normalized spacial score (nSPS) is 17.2. The first-order valence-electron chi connectivity index (χ1n) is 10.4. The Morgan fingerprint density at radius 2 is 1.36 bits per heavy atom. The lowest BCUT2D eigenvalue weighted by molar-refractivity contribution is 0.0538. The fourth-order valence-electron chi connectivity index (χ4n) is 4.06. The Balaban J connectivity index is 1.32. The van der Waals surface area contributed by atoms with Crippen LogP contribution in [0.5, 0.6) is 0 Å². The first-order valence-corrected chi connectivity index (χ1v) is 10.4. The van der Waals surface area contributed by atoms with Gasteiger partial charge in [-0.15, -0.1) is 0 Å². The molecule has 0 bridgehead atoms. The molecule has 0 saturated carbocycles. The van der Waals surface area contributed by atoms with Crippen molar-refractivity contribution in [1.82, 2.24) is 4.90 Å². The fraction of sp³-hybridized carbons (Fsp3) is 0.308. The third kappa shape index (κ3) is 5.09. The van der Waals surface area contributed by atoms with Crippen LogP contribution in [0.2, 0.25) is 0 Å². The second-order valence-corrected chi connectivity index (χ2v) is 7.73. The molecule has 0 N–H and O–H groups in total. The van der Waals surface area contributed by atoms with E-state index in [2.05, 4.69) is 95.9 Å². The van der Waals surface area contributed by atoms with Crippen LogP contribution in [0.25, 0.3) is 0 Å². The SMILES string of the molecule is c1ccc(CCN2CC[C@H](COC(c3ccccc3)c3ccccc3)C2)cc1. The third-order valence-electron chi connectivity index (χ3n) is 5.63. The Hall–Kier alpha value is -2.42. The van der Waals surface area contributed by atoms with E-state index in [0.29, 0.717) is 5.92 Å². The summed E-state index contributed by atoms with van der Waals surface area (Å²) in [6.07, 6.45) is 2.37. The molecule has 1 saturated heterocycles. The van der Waals surface area contributed by atoms with Crippen LogP contribution in [0.1, 0.15) is 29.2 Å². The van der Waals surface area contributed by atoms with Gasteiger partial charge in [-0.25, -0.2) is 0 Å². The summed E-state index contributed by atoms with van der Waals surface area (Å²) in [5, 5.41) is 0. The van der Waals surface area contributed by atoms with E-state index in [9.17, 15) is 0 Å². The molecule has 4 rings (SSSR count). The smallest absolute Gasteiger partial charge is 0.108 e. The van der Waals surface area contributed by atoms with Crippen molar-refractivity contribution in [2.45, 2.75) is 18.9 Å². The Kier molecular flexibility index (Phi) is 6.54. The highest BCUT2D eigenvalue weighted by Gasteiger charge is 2.24. The van der Waals surface area contributed by atoms with Gasteiger partial charge in [0, 0.05) is 13.1 Å². The molecule has 3 aromatic carbocycles. The van der Waals surface area contributed by atoms with E-state index in [4.69, 9.17) is 4.74 Å². The molecule has 0 radical (unpaired) electrons. The number of hydrogen-bond acceptors (Lipinski definition) is 2. The maximum absolute atomic E-state index is 6.48. The number of ether oxygens (including phenoxy) is 1. The lowest BCUT2D eigenvalue weighted by Gasteiger charge is -2.22. The van der Waals surface area contributed by atoms with Crippen molar-refractivity contribution in [1.29, 1.82) is 0 Å². The van der Waals surface area contributed by atoms with Gasteiger partial charge in [-0.1, -0.05) is 91.0 Å². The van der Waals surface area contributed by atoms with Crippen LogP contribution in [-0.2, 0) is 11.2 Å². The second kappa shape index (κ2) is 9.68. The predicted octanol–water partition coefficient (Wildman–Crippen LogP) is 5.36. The largest absolute Gasteiger partial charge is 0.368 e. The van der Waals surface area contributed by atoms with E-state index in [-0.39, 0.29) is 6.10 Å². The zero-order valence-electron chi connectivity index (χ0n) is 16.4. The maximum Gasteiger partial charge on any atom is 0.108 e. The van der Waals surface area contributed by atoms with E-state index < -0.39 is 0 Å². The van der Waals surface area contributed by atoms with Crippen LogP contribution in [0, 0.1) is 5.92 Å². The van der Waals surface area contributed by atoms with Crippen LogP contribution < -0.4 is 0 Å². The standard InChI is InChI=1S/C26H29NO/c1-4-10-22(11-5-1)16-18-27-19-17-23(20-27)21-28-26(24-12-6-2-7-13-24)25-14-8-3-9-15-25/h1-15,23,26H,16-21H2/t23-/m0/s1. The lowest BCUT2D eigenvalue weighted by atomic mass is 10.0. The van der Waals surface area contributed by atoms with Gasteiger partial charge in [0.2, 0.25) is 0 Å². The summed E-state index contributed by atoms with van der Waals surface area (Å²) in [6.45, 7) is 4.28. The summed E-state index contributed by atoms with van der Waals surface area (Å²) in [4.78, 5) is 2.58. The second-order valence-electron chi connectivity index (χ2n) is 7.73. The molecule has 0 amide bonds. The van der Waals surface area contributed by atoms with Crippen molar-refractivity contribution in [3.05, 3.63) is 108 Å². The average molecular weight is 372 g/mol. The van der Waals surface area contributed by atoms with Crippen molar-refractivity contribution < 1.29 is 4.74 Å². The fourth-order valence-corrected chi connectivity index (χ4v) is 4.06. The predicted molar refractivity (Wildman–Crippen MR) is 115 cm³/mol. The summed E-state index contributed by atoms with van der Waals surface area (Å²) >= 11 is 0. The highest BCUT2D eigenvalue weighted by Crippen LogP contribution is 2.28. The number of hydrogen-bond donors (Lipinski definition) is 0. The van der Waals surface area contributed by atoms with E-state index >= 15 is 0 Å². The molecule has 1 heterocycles. The molecular weight excluding hydrogens is 342 g/mol. The molecule has 2 nitrogen and oxygen atoms in total. The van der Waals surface area contributed by atoms with Crippen LogP contribution in [0.4, 0.5) is 0 Å². The van der Waals surface area contributed by atoms with Gasteiger partial charge in [-0.2, -0.15) is 0 Å². The third-order valence-corrected chi connectivity index (χ3v) is 5.63. The molecule has 0 unspecified atom stereocenters. The van der Waals surface area contributed by atoms with Gasteiger partial charge in [0.05, 0.1) is 6.61 Å². The summed E-state index contributed by atoms with van der Waals surface area (Å²) in [6, 6.07) is 31.9. The van der Waals surface area contributed by atoms with Crippen LogP contribution in [0.15, 0.2) is 91.0 Å². The molecular formula is C26H29NO. The number of likely N-dealkylation sites (tertiary alicyclic amines) is 1. The summed E-state index contributed by atoms with van der Waals surface area (Å²) in [7, 11) is 0. The van der Waals surface area contributed by atoms with Crippen LogP contribution in [-0.4, -0.2) is 31.1 Å². The minimum atomic E-state index is 0.0146. The van der Waals surface area contributed by atoms with Crippen LogP contribution >= 0.6 is 0 Å². The van der Waals surface area contributed by atoms with Gasteiger partial charge in [0.25, 0.3) is 0 Å². The molecule has 2 heteroatoms. The van der Waals surface area contributed by atoms with E-state index in [1.807, 2.05) is 0 Å². The highest BCUT2D eigenvalue weighted by molar-refractivity contribution is 5.29. The van der Waals surface area contributed by atoms with Gasteiger partial charge in [-0.05, 0) is 42.0 Å². The molecule has 1 aliphatic heterocycles. The van der Waals surface area contributed by atoms with Crippen molar-refractivity contribution >= 4 is 0 Å². The molecule has 3 aromatic rings. The van der Waals surface area contributed by atoms with Gasteiger partial charge in [0.15, 0.2) is 0 Å². The average Bonchev–Trinajstić information content (AvgIpc) is 3.23. The van der Waals surface area contributed by atoms with Gasteiger partial charge >= 0.3 is 0 Å². The first kappa shape index (κ1) is 18.9. The van der Waals surface area contributed by atoms with Gasteiger partial charge < -0.3 is 9.64 Å². The highest BCUT2D eigenvalue weighted by atomic mass is 16.5. The number of rotatable bonds is 8. The Morgan fingerprint density at radius 1 is 0.786 bits per heavy atom. The van der Waals surface area contributed by atoms with E-state index in [0.717, 1.165) is 26.1 Å². The lowest BCUT2D eigenvalue weighted by Crippen LogP contribution is -2.24.